The van der Waals surface area contributed by atoms with Crippen LogP contribution in [0.2, 0.25) is 6.04 Å². The molecule has 7 heteroatoms. The molecule has 0 aromatic carbocycles. The Balaban J connectivity index is 1.81. The Hall–Kier alpha value is -0.603. The summed E-state index contributed by atoms with van der Waals surface area (Å²) >= 11 is 0. The molecule has 2 fully saturated rings. The SMILES string of the molecule is CO[Si](CCCN(CCN=C1CCCCC1)CCN=C1CCCCC1)(OC)OC. The summed E-state index contributed by atoms with van der Waals surface area (Å²) in [4.78, 5) is 12.3. The molecule has 0 radical (unpaired) electrons. The highest BCUT2D eigenvalue weighted by Crippen LogP contribution is 2.17. The van der Waals surface area contributed by atoms with E-state index in [1.807, 2.05) is 0 Å². The first-order chi connectivity index (χ1) is 14.2. The smallest absolute Gasteiger partial charge is 0.377 e. The Morgan fingerprint density at radius 3 is 1.55 bits per heavy atom. The Bertz CT molecular complexity index is 453. The molecule has 0 atom stereocenters. The third-order valence-electron chi connectivity index (χ3n) is 6.26. The molecule has 168 valence electrons. The second kappa shape index (κ2) is 14.4. The summed E-state index contributed by atoms with van der Waals surface area (Å²) < 4.78 is 16.7. The third-order valence-corrected chi connectivity index (χ3v) is 9.09. The quantitative estimate of drug-likeness (QED) is 0.411. The van der Waals surface area contributed by atoms with E-state index in [-0.39, 0.29) is 0 Å². The van der Waals surface area contributed by atoms with E-state index in [0.717, 1.165) is 45.2 Å². The van der Waals surface area contributed by atoms with Gasteiger partial charge in [0.2, 0.25) is 0 Å². The van der Waals surface area contributed by atoms with E-state index in [1.54, 1.807) is 21.3 Å². The van der Waals surface area contributed by atoms with Gasteiger partial charge in [-0.1, -0.05) is 12.8 Å². The minimum atomic E-state index is -2.48. The van der Waals surface area contributed by atoms with Gasteiger partial charge in [0, 0.05) is 51.9 Å². The second-order valence-corrected chi connectivity index (χ2v) is 11.3. The molecule has 29 heavy (non-hydrogen) atoms. The lowest BCUT2D eigenvalue weighted by atomic mass is 9.98. The first-order valence-corrected chi connectivity index (χ1v) is 13.6. The number of nitrogens with zero attached hydrogens (tertiary/aromatic N) is 3. The van der Waals surface area contributed by atoms with Crippen molar-refractivity contribution < 1.29 is 13.3 Å². The maximum Gasteiger partial charge on any atom is 0.500 e. The lowest BCUT2D eigenvalue weighted by Crippen LogP contribution is -2.43. The summed E-state index contributed by atoms with van der Waals surface area (Å²) in [6.45, 7) is 4.85. The molecule has 2 aliphatic carbocycles. The minimum absolute atomic E-state index is 0.843. The van der Waals surface area contributed by atoms with E-state index in [2.05, 4.69) is 4.90 Å². The first-order valence-electron chi connectivity index (χ1n) is 11.6. The maximum absolute atomic E-state index is 5.57. The van der Waals surface area contributed by atoms with Crippen molar-refractivity contribution in [1.29, 1.82) is 0 Å². The van der Waals surface area contributed by atoms with Crippen LogP contribution >= 0.6 is 0 Å². The summed E-state index contributed by atoms with van der Waals surface area (Å²) in [6.07, 6.45) is 13.8. The van der Waals surface area contributed by atoms with Gasteiger partial charge in [-0.3, -0.25) is 14.9 Å². The topological polar surface area (TPSA) is 55.7 Å². The van der Waals surface area contributed by atoms with Gasteiger partial charge < -0.3 is 13.3 Å². The van der Waals surface area contributed by atoms with Crippen molar-refractivity contribution >= 4 is 20.2 Å². The highest BCUT2D eigenvalue weighted by molar-refractivity contribution is 6.60. The van der Waals surface area contributed by atoms with Crippen molar-refractivity contribution in [2.24, 2.45) is 9.98 Å². The van der Waals surface area contributed by atoms with Crippen LogP contribution in [0.25, 0.3) is 0 Å². The van der Waals surface area contributed by atoms with E-state index in [4.69, 9.17) is 23.3 Å². The third kappa shape index (κ3) is 9.38. The van der Waals surface area contributed by atoms with Crippen LogP contribution in [0.5, 0.6) is 0 Å². The Labute approximate surface area is 179 Å². The van der Waals surface area contributed by atoms with Crippen LogP contribution in [0.4, 0.5) is 0 Å². The fourth-order valence-corrected chi connectivity index (χ4v) is 6.05. The molecule has 0 saturated heterocycles. The number of aliphatic imine (C=N–C) groups is 2. The molecular weight excluding hydrogens is 382 g/mol. The molecule has 0 aromatic rings. The molecule has 0 heterocycles. The molecule has 0 bridgehead atoms. The molecule has 2 rings (SSSR count). The van der Waals surface area contributed by atoms with Crippen molar-refractivity contribution in [2.75, 3.05) is 54.1 Å². The van der Waals surface area contributed by atoms with E-state index in [0.29, 0.717) is 0 Å². The fraction of sp³-hybridized carbons (Fsp3) is 0.909. The van der Waals surface area contributed by atoms with E-state index >= 15 is 0 Å². The summed E-state index contributed by atoms with van der Waals surface area (Å²) in [5, 5.41) is 0. The zero-order valence-corrected chi connectivity index (χ0v) is 20.1. The van der Waals surface area contributed by atoms with Crippen LogP contribution in [0.3, 0.4) is 0 Å². The average molecular weight is 426 g/mol. The van der Waals surface area contributed by atoms with Gasteiger partial charge in [0.05, 0.1) is 13.1 Å². The van der Waals surface area contributed by atoms with Crippen molar-refractivity contribution in [3.63, 3.8) is 0 Å². The molecule has 0 aromatic heterocycles. The maximum atomic E-state index is 5.57. The number of hydrogen-bond donors (Lipinski definition) is 0. The standard InChI is InChI=1S/C22H43N3O3Si/c1-26-29(27-2,28-3)20-10-17-25(18-15-23-21-11-6-4-7-12-21)19-16-24-22-13-8-5-9-14-22/h4-20H2,1-3H3. The normalized spacial score (nSPS) is 18.3. The molecular formula is C22H43N3O3Si. The van der Waals surface area contributed by atoms with E-state index in [9.17, 15) is 0 Å². The predicted molar refractivity (Wildman–Crippen MR) is 123 cm³/mol. The van der Waals surface area contributed by atoms with Crippen molar-refractivity contribution in [2.45, 2.75) is 76.7 Å². The van der Waals surface area contributed by atoms with Crippen molar-refractivity contribution in [3.05, 3.63) is 0 Å². The molecule has 0 aliphatic heterocycles. The zero-order chi connectivity index (χ0) is 20.8. The minimum Gasteiger partial charge on any atom is -0.377 e. The van der Waals surface area contributed by atoms with Crippen molar-refractivity contribution in [3.8, 4) is 0 Å². The van der Waals surface area contributed by atoms with Crippen LogP contribution < -0.4 is 0 Å². The molecule has 0 spiro atoms. The molecule has 2 aliphatic rings. The largest absolute Gasteiger partial charge is 0.500 e. The molecule has 0 unspecified atom stereocenters. The average Bonchev–Trinajstić information content (AvgIpc) is 2.78. The monoisotopic (exact) mass is 425 g/mol. The Morgan fingerprint density at radius 2 is 1.14 bits per heavy atom. The van der Waals surface area contributed by atoms with Gasteiger partial charge in [0.15, 0.2) is 0 Å². The molecule has 2 saturated carbocycles. The predicted octanol–water partition coefficient (Wildman–Crippen LogP) is 4.37. The summed E-state index contributed by atoms with van der Waals surface area (Å²) in [7, 11) is 2.59. The number of hydrogen-bond acceptors (Lipinski definition) is 6. The van der Waals surface area contributed by atoms with E-state index < -0.39 is 8.80 Å². The Kier molecular flexibility index (Phi) is 12.3. The van der Waals surface area contributed by atoms with Gasteiger partial charge in [-0.15, -0.1) is 0 Å². The van der Waals surface area contributed by atoms with Gasteiger partial charge in [-0.25, -0.2) is 0 Å². The van der Waals surface area contributed by atoms with Gasteiger partial charge in [-0.05, 0) is 64.3 Å². The Morgan fingerprint density at radius 1 is 0.690 bits per heavy atom. The fourth-order valence-electron chi connectivity index (χ4n) is 4.35. The number of rotatable bonds is 13. The highest BCUT2D eigenvalue weighted by Gasteiger charge is 2.37. The van der Waals surface area contributed by atoms with Crippen LogP contribution in [-0.4, -0.2) is 79.2 Å². The molecule has 0 N–H and O–H groups in total. The van der Waals surface area contributed by atoms with Gasteiger partial charge in [0.25, 0.3) is 0 Å². The van der Waals surface area contributed by atoms with Crippen LogP contribution in [0, 0.1) is 0 Å². The molecule has 0 amide bonds. The van der Waals surface area contributed by atoms with Gasteiger partial charge >= 0.3 is 8.80 Å². The first kappa shape index (κ1) is 24.7. The molecule has 6 nitrogen and oxygen atoms in total. The van der Waals surface area contributed by atoms with Crippen LogP contribution in [-0.2, 0) is 13.3 Å². The summed E-state index contributed by atoms with van der Waals surface area (Å²) in [6, 6.07) is 0.843. The van der Waals surface area contributed by atoms with Gasteiger partial charge in [0.1, 0.15) is 0 Å². The zero-order valence-electron chi connectivity index (χ0n) is 19.1. The highest BCUT2D eigenvalue weighted by atomic mass is 28.4. The van der Waals surface area contributed by atoms with Crippen molar-refractivity contribution in [1.82, 2.24) is 4.90 Å². The lowest BCUT2D eigenvalue weighted by Gasteiger charge is -2.26. The lowest BCUT2D eigenvalue weighted by molar-refractivity contribution is 0.121. The van der Waals surface area contributed by atoms with Crippen LogP contribution in [0.1, 0.15) is 70.6 Å². The summed E-state index contributed by atoms with van der Waals surface area (Å²) in [5.41, 5.74) is 2.87. The van der Waals surface area contributed by atoms with Gasteiger partial charge in [-0.2, -0.15) is 0 Å². The van der Waals surface area contributed by atoms with E-state index in [1.165, 1.54) is 75.6 Å². The second-order valence-electron chi connectivity index (χ2n) is 8.26. The summed E-state index contributed by atoms with van der Waals surface area (Å²) in [5.74, 6) is 0. The van der Waals surface area contributed by atoms with Crippen LogP contribution in [0.15, 0.2) is 9.98 Å².